The highest BCUT2D eigenvalue weighted by molar-refractivity contribution is 6.30. The van der Waals surface area contributed by atoms with Crippen molar-refractivity contribution in [1.82, 2.24) is 14.8 Å². The van der Waals surface area contributed by atoms with Crippen molar-refractivity contribution in [2.45, 2.75) is 58.0 Å². The number of carbonyl (C=O) groups excluding carboxylic acids is 2. The maximum absolute atomic E-state index is 16.0. The Balaban J connectivity index is 1.57. The average Bonchev–Trinajstić information content (AvgIpc) is 3.65. The predicted molar refractivity (Wildman–Crippen MR) is 158 cm³/mol. The molecule has 5 rings (SSSR count). The van der Waals surface area contributed by atoms with E-state index in [1.165, 1.54) is 17.9 Å². The fourth-order valence-electron chi connectivity index (χ4n) is 5.95. The second-order valence-electron chi connectivity index (χ2n) is 11.2. The lowest BCUT2D eigenvalue weighted by molar-refractivity contribution is -0.120. The van der Waals surface area contributed by atoms with Crippen molar-refractivity contribution < 1.29 is 23.1 Å². The lowest BCUT2D eigenvalue weighted by atomic mass is 10.0. The number of halogens is 3. The Morgan fingerprint density at radius 2 is 1.86 bits per heavy atom. The molecule has 1 aliphatic carbocycles. The molecule has 224 valence electrons. The number of hydrogen-bond acceptors (Lipinski definition) is 6. The Labute approximate surface area is 247 Å². The number of piperazine rings is 1. The molecule has 12 heteroatoms. The number of carbonyl (C=O) groups is 2. The van der Waals surface area contributed by atoms with Crippen molar-refractivity contribution in [1.29, 1.82) is 0 Å². The van der Waals surface area contributed by atoms with Gasteiger partial charge in [0.2, 0.25) is 11.3 Å². The summed E-state index contributed by atoms with van der Waals surface area (Å²) in [5, 5.41) is 3.25. The summed E-state index contributed by atoms with van der Waals surface area (Å²) in [6, 6.07) is 5.45. The highest BCUT2D eigenvalue weighted by atomic mass is 35.5. The summed E-state index contributed by atoms with van der Waals surface area (Å²) in [4.78, 5) is 42.3. The lowest BCUT2D eigenvalue weighted by Crippen LogP contribution is -2.58. The summed E-state index contributed by atoms with van der Waals surface area (Å²) in [5.41, 5.74) is 6.58. The number of anilines is 1. The first-order chi connectivity index (χ1) is 19.9. The smallest absolute Gasteiger partial charge is 0.257 e. The SMILES string of the molecule is COc1c(N2C[C@@H](C)N(CC(N)=O)[C@@H](C)C2)c(F)cc2c(=O)c(C(=O)NCc3ccc(Cl)cc3C)cn([C@H]3C[C@H]3F)c12. The van der Waals surface area contributed by atoms with E-state index in [-0.39, 0.29) is 59.5 Å². The molecule has 9 nitrogen and oxygen atoms in total. The molecule has 0 spiro atoms. The summed E-state index contributed by atoms with van der Waals surface area (Å²) in [7, 11) is 1.37. The Kier molecular flexibility index (Phi) is 8.17. The zero-order valence-electron chi connectivity index (χ0n) is 23.9. The average molecular weight is 602 g/mol. The lowest BCUT2D eigenvalue weighted by Gasteiger charge is -2.45. The van der Waals surface area contributed by atoms with Crippen LogP contribution in [-0.4, -0.2) is 66.3 Å². The van der Waals surface area contributed by atoms with Gasteiger partial charge in [-0.25, -0.2) is 8.78 Å². The molecular weight excluding hydrogens is 568 g/mol. The van der Waals surface area contributed by atoms with Crippen LogP contribution in [0.4, 0.5) is 14.5 Å². The van der Waals surface area contributed by atoms with Crippen LogP contribution in [0.3, 0.4) is 0 Å². The van der Waals surface area contributed by atoms with Gasteiger partial charge >= 0.3 is 0 Å². The molecular formula is C30H34ClF2N5O4. The first-order valence-corrected chi connectivity index (χ1v) is 14.2. The summed E-state index contributed by atoms with van der Waals surface area (Å²) in [6.07, 6.45) is 0.358. The molecule has 3 aromatic rings. The monoisotopic (exact) mass is 601 g/mol. The summed E-state index contributed by atoms with van der Waals surface area (Å²) in [6.45, 7) is 6.64. The van der Waals surface area contributed by atoms with Gasteiger partial charge < -0.3 is 25.3 Å². The van der Waals surface area contributed by atoms with Gasteiger partial charge in [0, 0.05) is 49.4 Å². The van der Waals surface area contributed by atoms with E-state index in [0.29, 0.717) is 18.1 Å². The van der Waals surface area contributed by atoms with Crippen molar-refractivity contribution in [3.05, 3.63) is 68.2 Å². The molecule has 42 heavy (non-hydrogen) atoms. The molecule has 1 aromatic heterocycles. The standard InChI is InChI=1S/C30H34ClF2N5O4/c1-15-7-19(31)6-5-18(15)10-35-30(41)21-13-38(24-9-22(24)32)26-20(28(21)40)8-23(33)27(29(26)42-4)36-11-16(2)37(14-25(34)39)17(3)12-36/h5-8,13,16-17,22,24H,9-12,14H2,1-4H3,(H2,34,39)(H,35,41)/t16-,17+,22-,24+/m1/s1. The molecule has 2 amide bonds. The van der Waals surface area contributed by atoms with Gasteiger partial charge in [-0.05, 0) is 50.1 Å². The first kappa shape index (κ1) is 29.8. The second kappa shape index (κ2) is 11.5. The first-order valence-electron chi connectivity index (χ1n) is 13.8. The van der Waals surface area contributed by atoms with Crippen LogP contribution in [0.2, 0.25) is 5.02 Å². The Morgan fingerprint density at radius 3 is 2.43 bits per heavy atom. The highest BCUT2D eigenvalue weighted by Gasteiger charge is 2.42. The van der Waals surface area contributed by atoms with Crippen molar-refractivity contribution in [2.75, 3.05) is 31.6 Å². The zero-order valence-corrected chi connectivity index (χ0v) is 24.7. The number of ether oxygens (including phenoxy) is 1. The van der Waals surface area contributed by atoms with Gasteiger partial charge in [-0.1, -0.05) is 17.7 Å². The minimum atomic E-state index is -1.18. The fourth-order valence-corrected chi connectivity index (χ4v) is 6.18. The van der Waals surface area contributed by atoms with Crippen LogP contribution in [0.15, 0.2) is 35.3 Å². The predicted octanol–water partition coefficient (Wildman–Crippen LogP) is 3.71. The highest BCUT2D eigenvalue weighted by Crippen LogP contribution is 2.45. The molecule has 2 aliphatic rings. The minimum Gasteiger partial charge on any atom is -0.492 e. The van der Waals surface area contributed by atoms with Gasteiger partial charge in [-0.15, -0.1) is 0 Å². The molecule has 0 radical (unpaired) electrons. The van der Waals surface area contributed by atoms with Crippen molar-refractivity contribution in [3.8, 4) is 5.75 Å². The van der Waals surface area contributed by atoms with Gasteiger partial charge in [-0.2, -0.15) is 0 Å². The number of nitrogens with zero attached hydrogens (tertiary/aromatic N) is 3. The molecule has 4 atom stereocenters. The number of methoxy groups -OCH3 is 1. The molecule has 0 unspecified atom stereocenters. The van der Waals surface area contributed by atoms with Crippen LogP contribution in [0.5, 0.6) is 5.75 Å². The minimum absolute atomic E-state index is 0.0732. The number of nitrogens with one attached hydrogen (secondary N) is 1. The Bertz CT molecular complexity index is 1620. The number of aryl methyl sites for hydroxylation is 1. The summed E-state index contributed by atoms with van der Waals surface area (Å²) in [5.74, 6) is -1.72. The quantitative estimate of drug-likeness (QED) is 0.407. The molecule has 2 heterocycles. The van der Waals surface area contributed by atoms with Crippen LogP contribution in [-0.2, 0) is 11.3 Å². The van der Waals surface area contributed by atoms with E-state index in [1.807, 2.05) is 30.6 Å². The Hall–Kier alpha value is -3.70. The maximum atomic E-state index is 16.0. The number of pyridine rings is 1. The van der Waals surface area contributed by atoms with Crippen LogP contribution in [0.1, 0.15) is 47.8 Å². The van der Waals surface area contributed by atoms with Crippen molar-refractivity contribution in [3.63, 3.8) is 0 Å². The zero-order chi connectivity index (χ0) is 30.5. The summed E-state index contributed by atoms with van der Waals surface area (Å²) < 4.78 is 37.7. The largest absolute Gasteiger partial charge is 0.492 e. The van der Waals surface area contributed by atoms with Crippen LogP contribution < -0.4 is 26.1 Å². The number of benzene rings is 2. The Morgan fingerprint density at radius 1 is 1.19 bits per heavy atom. The van der Waals surface area contributed by atoms with Gasteiger partial charge in [0.05, 0.1) is 30.6 Å². The number of nitrogens with two attached hydrogens (primary N) is 1. The number of alkyl halides is 1. The van der Waals surface area contributed by atoms with Crippen molar-refractivity contribution >= 4 is 40.0 Å². The fraction of sp³-hybridized carbons (Fsp3) is 0.433. The molecule has 1 saturated heterocycles. The van der Waals surface area contributed by atoms with Gasteiger partial charge in [-0.3, -0.25) is 19.3 Å². The van der Waals surface area contributed by atoms with Gasteiger partial charge in [0.15, 0.2) is 11.6 Å². The third-order valence-corrected chi connectivity index (χ3v) is 8.42. The van der Waals surface area contributed by atoms with E-state index in [2.05, 4.69) is 5.32 Å². The number of rotatable bonds is 8. The van der Waals surface area contributed by atoms with E-state index in [0.717, 1.165) is 17.2 Å². The van der Waals surface area contributed by atoms with E-state index in [1.54, 1.807) is 18.2 Å². The molecule has 2 fully saturated rings. The number of amides is 2. The maximum Gasteiger partial charge on any atom is 0.257 e. The van der Waals surface area contributed by atoms with E-state index >= 15 is 4.39 Å². The van der Waals surface area contributed by atoms with Crippen LogP contribution in [0, 0.1) is 12.7 Å². The van der Waals surface area contributed by atoms with Crippen molar-refractivity contribution in [2.24, 2.45) is 5.73 Å². The third-order valence-electron chi connectivity index (χ3n) is 8.19. The van der Waals surface area contributed by atoms with Crippen LogP contribution >= 0.6 is 11.6 Å². The van der Waals surface area contributed by atoms with Crippen LogP contribution in [0.25, 0.3) is 10.9 Å². The van der Waals surface area contributed by atoms with E-state index in [9.17, 15) is 18.8 Å². The molecule has 0 bridgehead atoms. The summed E-state index contributed by atoms with van der Waals surface area (Å²) >= 11 is 6.03. The topological polar surface area (TPSA) is 110 Å². The molecule has 1 saturated carbocycles. The van der Waals surface area contributed by atoms with E-state index in [4.69, 9.17) is 22.1 Å². The number of primary amides is 1. The number of fused-ring (bicyclic) bond motifs is 1. The normalized spacial score (nSPS) is 22.3. The molecule has 3 N–H and O–H groups in total. The number of aromatic nitrogens is 1. The number of hydrogen-bond donors (Lipinski definition) is 2. The van der Waals surface area contributed by atoms with Gasteiger partial charge in [0.1, 0.15) is 17.4 Å². The molecule has 2 aromatic carbocycles. The molecule has 1 aliphatic heterocycles. The van der Waals surface area contributed by atoms with E-state index < -0.39 is 35.3 Å². The third kappa shape index (κ3) is 5.55. The van der Waals surface area contributed by atoms with Gasteiger partial charge in [0.25, 0.3) is 5.91 Å². The second-order valence-corrected chi connectivity index (χ2v) is 11.7.